The van der Waals surface area contributed by atoms with Gasteiger partial charge in [-0.3, -0.25) is 9.69 Å². The lowest BCUT2D eigenvalue weighted by atomic mass is 10.2. The van der Waals surface area contributed by atoms with Gasteiger partial charge in [-0.25, -0.2) is 0 Å². The molecule has 1 fully saturated rings. The highest BCUT2D eigenvalue weighted by molar-refractivity contribution is 5.76. The van der Waals surface area contributed by atoms with Gasteiger partial charge in [0.15, 0.2) is 0 Å². The summed E-state index contributed by atoms with van der Waals surface area (Å²) in [7, 11) is 0. The van der Waals surface area contributed by atoms with Gasteiger partial charge >= 0.3 is 0 Å². The summed E-state index contributed by atoms with van der Waals surface area (Å²) in [4.78, 5) is 16.6. The molecule has 1 atom stereocenters. The average molecular weight is 344 g/mol. The monoisotopic (exact) mass is 344 g/mol. The normalized spacial score (nSPS) is 17.5. The topological polar surface area (TPSA) is 51.2 Å². The second-order valence-corrected chi connectivity index (χ2v) is 6.57. The van der Waals surface area contributed by atoms with Gasteiger partial charge in [0.25, 0.3) is 0 Å². The zero-order chi connectivity index (χ0) is 17.8. The van der Waals surface area contributed by atoms with Crippen LogP contribution in [0.4, 0.5) is 0 Å². The molecular weight excluding hydrogens is 308 g/mol. The summed E-state index contributed by atoms with van der Waals surface area (Å²) >= 11 is 0. The Morgan fingerprint density at radius 1 is 0.917 bits per heavy atom. The molecule has 6 heteroatoms. The van der Waals surface area contributed by atoms with E-state index in [0.29, 0.717) is 45.5 Å². The summed E-state index contributed by atoms with van der Waals surface area (Å²) in [5, 5.41) is 0. The molecule has 0 bridgehead atoms. The Morgan fingerprint density at radius 2 is 1.50 bits per heavy atom. The lowest BCUT2D eigenvalue weighted by molar-refractivity contribution is -0.134. The third-order valence-electron chi connectivity index (χ3n) is 4.39. The molecular formula is C18H36N2O4. The van der Waals surface area contributed by atoms with E-state index in [0.717, 1.165) is 32.6 Å². The van der Waals surface area contributed by atoms with Gasteiger partial charge in [0.05, 0.1) is 45.6 Å². The van der Waals surface area contributed by atoms with Crippen LogP contribution in [-0.2, 0) is 19.0 Å². The number of nitrogens with zero attached hydrogens (tertiary/aromatic N) is 2. The SMILES string of the molecule is CCC(C)N1CCN(C(=O)CCOCCOCCOC(C)C)CC1. The van der Waals surface area contributed by atoms with Crippen molar-refractivity contribution in [1.29, 1.82) is 0 Å². The Morgan fingerprint density at radius 3 is 2.08 bits per heavy atom. The first-order chi connectivity index (χ1) is 11.5. The molecule has 1 unspecified atom stereocenters. The van der Waals surface area contributed by atoms with Crippen LogP contribution in [0.25, 0.3) is 0 Å². The van der Waals surface area contributed by atoms with Gasteiger partial charge in [-0.15, -0.1) is 0 Å². The maximum atomic E-state index is 12.2. The standard InChI is InChI=1S/C18H36N2O4/c1-5-17(4)19-7-9-20(10-8-19)18(21)6-11-22-12-13-23-14-15-24-16(2)3/h16-17H,5-15H2,1-4H3. The second-order valence-electron chi connectivity index (χ2n) is 6.57. The van der Waals surface area contributed by atoms with Crippen molar-refractivity contribution in [3.63, 3.8) is 0 Å². The van der Waals surface area contributed by atoms with Crippen LogP contribution in [0, 0.1) is 0 Å². The number of hydrogen-bond donors (Lipinski definition) is 0. The summed E-state index contributed by atoms with van der Waals surface area (Å²) in [6.45, 7) is 14.8. The van der Waals surface area contributed by atoms with Crippen LogP contribution in [0.1, 0.15) is 40.5 Å². The number of rotatable bonds is 12. The number of hydrogen-bond acceptors (Lipinski definition) is 5. The Kier molecular flexibility index (Phi) is 11.2. The molecule has 0 N–H and O–H groups in total. The van der Waals surface area contributed by atoms with Gasteiger partial charge in [0.2, 0.25) is 5.91 Å². The van der Waals surface area contributed by atoms with Crippen LogP contribution in [0.15, 0.2) is 0 Å². The van der Waals surface area contributed by atoms with E-state index in [1.165, 1.54) is 0 Å². The first kappa shape index (κ1) is 21.4. The summed E-state index contributed by atoms with van der Waals surface area (Å²) in [6, 6.07) is 0.608. The molecule has 24 heavy (non-hydrogen) atoms. The quantitative estimate of drug-likeness (QED) is 0.505. The van der Waals surface area contributed by atoms with E-state index >= 15 is 0 Å². The van der Waals surface area contributed by atoms with Crippen molar-refractivity contribution in [2.45, 2.75) is 52.7 Å². The molecule has 142 valence electrons. The van der Waals surface area contributed by atoms with Crippen molar-refractivity contribution in [1.82, 2.24) is 9.80 Å². The van der Waals surface area contributed by atoms with Gasteiger partial charge in [0, 0.05) is 32.2 Å². The fraction of sp³-hybridized carbons (Fsp3) is 0.944. The van der Waals surface area contributed by atoms with Crippen molar-refractivity contribution >= 4 is 5.91 Å². The first-order valence-corrected chi connectivity index (χ1v) is 9.33. The maximum Gasteiger partial charge on any atom is 0.224 e. The van der Waals surface area contributed by atoms with E-state index < -0.39 is 0 Å². The Bertz CT molecular complexity index is 331. The minimum atomic E-state index is 0.199. The molecule has 1 aliphatic rings. The predicted octanol–water partition coefficient (Wildman–Crippen LogP) is 1.78. The third kappa shape index (κ3) is 8.97. The molecule has 0 radical (unpaired) electrons. The number of carbonyl (C=O) groups excluding carboxylic acids is 1. The maximum absolute atomic E-state index is 12.2. The molecule has 1 aliphatic heterocycles. The van der Waals surface area contributed by atoms with Crippen LogP contribution in [0.3, 0.4) is 0 Å². The molecule has 1 amide bonds. The largest absolute Gasteiger partial charge is 0.379 e. The van der Waals surface area contributed by atoms with E-state index in [4.69, 9.17) is 14.2 Å². The van der Waals surface area contributed by atoms with E-state index in [1.807, 2.05) is 18.7 Å². The molecule has 0 aromatic carbocycles. The summed E-state index contributed by atoms with van der Waals surface area (Å²) in [5.41, 5.74) is 0. The molecule has 0 spiro atoms. The van der Waals surface area contributed by atoms with Crippen molar-refractivity contribution < 1.29 is 19.0 Å². The van der Waals surface area contributed by atoms with Crippen LogP contribution in [0.5, 0.6) is 0 Å². The van der Waals surface area contributed by atoms with Crippen LogP contribution >= 0.6 is 0 Å². The van der Waals surface area contributed by atoms with Crippen molar-refractivity contribution in [2.75, 3.05) is 59.2 Å². The van der Waals surface area contributed by atoms with Gasteiger partial charge in [-0.05, 0) is 27.2 Å². The summed E-state index contributed by atoms with van der Waals surface area (Å²) in [5.74, 6) is 0.199. The first-order valence-electron chi connectivity index (χ1n) is 9.33. The van der Waals surface area contributed by atoms with Crippen LogP contribution in [-0.4, -0.2) is 87.1 Å². The predicted molar refractivity (Wildman–Crippen MR) is 95.2 cm³/mol. The average Bonchev–Trinajstić information content (AvgIpc) is 2.59. The minimum Gasteiger partial charge on any atom is -0.379 e. The minimum absolute atomic E-state index is 0.199. The Balaban J connectivity index is 1.97. The smallest absolute Gasteiger partial charge is 0.224 e. The van der Waals surface area contributed by atoms with Crippen LogP contribution < -0.4 is 0 Å². The van der Waals surface area contributed by atoms with E-state index in [9.17, 15) is 4.79 Å². The van der Waals surface area contributed by atoms with Crippen molar-refractivity contribution in [2.24, 2.45) is 0 Å². The van der Waals surface area contributed by atoms with Crippen molar-refractivity contribution in [3.8, 4) is 0 Å². The van der Waals surface area contributed by atoms with Gasteiger partial charge in [-0.1, -0.05) is 6.92 Å². The molecule has 0 saturated carbocycles. The van der Waals surface area contributed by atoms with E-state index in [2.05, 4.69) is 18.7 Å². The van der Waals surface area contributed by atoms with E-state index in [-0.39, 0.29) is 12.0 Å². The zero-order valence-electron chi connectivity index (χ0n) is 16.0. The fourth-order valence-electron chi connectivity index (χ4n) is 2.65. The Hall–Kier alpha value is -0.690. The molecule has 1 rings (SSSR count). The molecule has 0 aliphatic carbocycles. The van der Waals surface area contributed by atoms with E-state index in [1.54, 1.807) is 0 Å². The molecule has 1 saturated heterocycles. The van der Waals surface area contributed by atoms with Crippen molar-refractivity contribution in [3.05, 3.63) is 0 Å². The number of carbonyl (C=O) groups is 1. The highest BCUT2D eigenvalue weighted by Gasteiger charge is 2.22. The molecule has 1 heterocycles. The van der Waals surface area contributed by atoms with Crippen LogP contribution in [0.2, 0.25) is 0 Å². The molecule has 6 nitrogen and oxygen atoms in total. The third-order valence-corrected chi connectivity index (χ3v) is 4.39. The number of amides is 1. The van der Waals surface area contributed by atoms with Gasteiger partial charge in [-0.2, -0.15) is 0 Å². The molecule has 0 aromatic rings. The van der Waals surface area contributed by atoms with Gasteiger partial charge in [0.1, 0.15) is 0 Å². The molecule has 0 aromatic heterocycles. The number of ether oxygens (including phenoxy) is 3. The second kappa shape index (κ2) is 12.6. The highest BCUT2D eigenvalue weighted by Crippen LogP contribution is 2.09. The summed E-state index contributed by atoms with van der Waals surface area (Å²) in [6.07, 6.45) is 1.86. The lowest BCUT2D eigenvalue weighted by Gasteiger charge is -2.37. The zero-order valence-corrected chi connectivity index (χ0v) is 16.0. The highest BCUT2D eigenvalue weighted by atomic mass is 16.5. The number of piperazine rings is 1. The Labute approximate surface area is 147 Å². The van der Waals surface area contributed by atoms with Gasteiger partial charge < -0.3 is 19.1 Å². The summed E-state index contributed by atoms with van der Waals surface area (Å²) < 4.78 is 16.3. The fourth-order valence-corrected chi connectivity index (χ4v) is 2.65. The lowest BCUT2D eigenvalue weighted by Crippen LogP contribution is -2.51.